The van der Waals surface area contributed by atoms with Crippen LogP contribution in [0.15, 0.2) is 46.9 Å². The Labute approximate surface area is 157 Å². The molecule has 0 saturated carbocycles. The van der Waals surface area contributed by atoms with Gasteiger partial charge in [0.25, 0.3) is 0 Å². The second-order valence-corrected chi connectivity index (χ2v) is 7.38. The second-order valence-electron chi connectivity index (χ2n) is 6.45. The van der Waals surface area contributed by atoms with Gasteiger partial charge in [-0.05, 0) is 36.6 Å². The standard InChI is InChI=1S/C19H24N6S/c1-15-5-3-6-17-22-16(14-25(15)17)13-21-19(20-2)24-10-8-23(9-11-24)18-7-4-12-26-18/h3-7,12,14H,8-11,13H2,1-2H3,(H,20,21). The number of aromatic nitrogens is 2. The first-order valence-electron chi connectivity index (χ1n) is 8.92. The maximum Gasteiger partial charge on any atom is 0.194 e. The van der Waals surface area contributed by atoms with Gasteiger partial charge in [-0.25, -0.2) is 4.98 Å². The Kier molecular flexibility index (Phi) is 4.79. The summed E-state index contributed by atoms with van der Waals surface area (Å²) in [5, 5.41) is 6.96. The molecule has 0 unspecified atom stereocenters. The van der Waals surface area contributed by atoms with Crippen molar-refractivity contribution in [2.24, 2.45) is 4.99 Å². The third-order valence-corrected chi connectivity index (χ3v) is 5.71. The lowest BCUT2D eigenvalue weighted by Crippen LogP contribution is -2.52. The van der Waals surface area contributed by atoms with Gasteiger partial charge in [0.15, 0.2) is 5.96 Å². The van der Waals surface area contributed by atoms with E-state index in [9.17, 15) is 0 Å². The average molecular weight is 369 g/mol. The molecule has 4 rings (SSSR count). The molecule has 1 aliphatic rings. The summed E-state index contributed by atoms with van der Waals surface area (Å²) in [7, 11) is 1.85. The summed E-state index contributed by atoms with van der Waals surface area (Å²) in [6, 6.07) is 10.5. The van der Waals surface area contributed by atoms with Gasteiger partial charge in [-0.15, -0.1) is 11.3 Å². The van der Waals surface area contributed by atoms with E-state index in [4.69, 9.17) is 4.98 Å². The third-order valence-electron chi connectivity index (χ3n) is 4.78. The number of aryl methyl sites for hydroxylation is 1. The molecule has 0 aromatic carbocycles. The molecule has 1 fully saturated rings. The summed E-state index contributed by atoms with van der Waals surface area (Å²) >= 11 is 1.81. The van der Waals surface area contributed by atoms with Crippen molar-refractivity contribution in [1.82, 2.24) is 19.6 Å². The predicted molar refractivity (Wildman–Crippen MR) is 108 cm³/mol. The lowest BCUT2D eigenvalue weighted by atomic mass is 10.3. The van der Waals surface area contributed by atoms with E-state index >= 15 is 0 Å². The van der Waals surface area contributed by atoms with Gasteiger partial charge in [-0.2, -0.15) is 0 Å². The van der Waals surface area contributed by atoms with Gasteiger partial charge in [-0.3, -0.25) is 4.99 Å². The number of hydrogen-bond donors (Lipinski definition) is 1. The van der Waals surface area contributed by atoms with Crippen LogP contribution in [0.3, 0.4) is 0 Å². The molecule has 7 heteroatoms. The number of rotatable bonds is 3. The molecule has 3 aromatic rings. The second kappa shape index (κ2) is 7.37. The Morgan fingerprint density at radius 1 is 1.19 bits per heavy atom. The van der Waals surface area contributed by atoms with E-state index < -0.39 is 0 Å². The zero-order chi connectivity index (χ0) is 17.9. The minimum atomic E-state index is 0.679. The number of fused-ring (bicyclic) bond motifs is 1. The van der Waals surface area contributed by atoms with Gasteiger partial charge < -0.3 is 19.5 Å². The number of hydrogen-bond acceptors (Lipinski definition) is 4. The molecule has 136 valence electrons. The third kappa shape index (κ3) is 3.39. The quantitative estimate of drug-likeness (QED) is 0.570. The molecule has 0 amide bonds. The lowest BCUT2D eigenvalue weighted by Gasteiger charge is -2.36. The molecule has 1 saturated heterocycles. The average Bonchev–Trinajstić information content (AvgIpc) is 3.33. The number of nitrogens with zero attached hydrogens (tertiary/aromatic N) is 5. The van der Waals surface area contributed by atoms with Crippen molar-refractivity contribution in [2.75, 3.05) is 38.1 Å². The van der Waals surface area contributed by atoms with E-state index in [1.165, 1.54) is 10.7 Å². The molecule has 0 atom stereocenters. The predicted octanol–water partition coefficient (Wildman–Crippen LogP) is 2.60. The van der Waals surface area contributed by atoms with Crippen LogP contribution in [-0.4, -0.2) is 53.5 Å². The molecule has 0 radical (unpaired) electrons. The Morgan fingerprint density at radius 2 is 2.04 bits per heavy atom. The molecular weight excluding hydrogens is 344 g/mol. The molecule has 0 spiro atoms. The smallest absolute Gasteiger partial charge is 0.194 e. The molecule has 6 nitrogen and oxygen atoms in total. The summed E-state index contributed by atoms with van der Waals surface area (Å²) in [5.74, 6) is 0.949. The van der Waals surface area contributed by atoms with E-state index in [0.717, 1.165) is 43.5 Å². The largest absolute Gasteiger partial charge is 0.360 e. The van der Waals surface area contributed by atoms with Gasteiger partial charge in [0.2, 0.25) is 0 Å². The summed E-state index contributed by atoms with van der Waals surface area (Å²) in [5.41, 5.74) is 3.20. The van der Waals surface area contributed by atoms with Crippen molar-refractivity contribution in [2.45, 2.75) is 13.5 Å². The highest BCUT2D eigenvalue weighted by molar-refractivity contribution is 7.14. The first-order valence-corrected chi connectivity index (χ1v) is 9.80. The molecule has 26 heavy (non-hydrogen) atoms. The van der Waals surface area contributed by atoms with Gasteiger partial charge >= 0.3 is 0 Å². The normalized spacial score (nSPS) is 15.7. The van der Waals surface area contributed by atoms with Crippen LogP contribution in [0.25, 0.3) is 5.65 Å². The van der Waals surface area contributed by atoms with Crippen LogP contribution in [-0.2, 0) is 6.54 Å². The van der Waals surface area contributed by atoms with Crippen LogP contribution in [0.5, 0.6) is 0 Å². The van der Waals surface area contributed by atoms with E-state index in [0.29, 0.717) is 6.54 Å². The SMILES string of the molecule is CN=C(NCc1cn2c(C)cccc2n1)N1CCN(c2cccs2)CC1. The summed E-state index contributed by atoms with van der Waals surface area (Å²) in [6.07, 6.45) is 2.10. The van der Waals surface area contributed by atoms with E-state index in [1.807, 2.05) is 19.2 Å². The monoisotopic (exact) mass is 368 g/mol. The van der Waals surface area contributed by atoms with Crippen molar-refractivity contribution in [3.63, 3.8) is 0 Å². The van der Waals surface area contributed by atoms with Gasteiger partial charge in [0, 0.05) is 45.1 Å². The van der Waals surface area contributed by atoms with E-state index in [-0.39, 0.29) is 0 Å². The fourth-order valence-corrected chi connectivity index (χ4v) is 4.16. The van der Waals surface area contributed by atoms with E-state index in [1.54, 1.807) is 11.3 Å². The van der Waals surface area contributed by atoms with Crippen LogP contribution >= 0.6 is 11.3 Å². The zero-order valence-electron chi connectivity index (χ0n) is 15.2. The number of nitrogens with one attached hydrogen (secondary N) is 1. The number of imidazole rings is 1. The minimum Gasteiger partial charge on any atom is -0.360 e. The number of piperazine rings is 1. The van der Waals surface area contributed by atoms with Gasteiger partial charge in [-0.1, -0.05) is 6.07 Å². The minimum absolute atomic E-state index is 0.679. The molecule has 4 heterocycles. The number of anilines is 1. The maximum atomic E-state index is 4.69. The first kappa shape index (κ1) is 16.9. The molecule has 1 aliphatic heterocycles. The van der Waals surface area contributed by atoms with Crippen LogP contribution in [0.1, 0.15) is 11.4 Å². The topological polar surface area (TPSA) is 48.2 Å². The summed E-state index contributed by atoms with van der Waals surface area (Å²) < 4.78 is 2.12. The Hall–Kier alpha value is -2.54. The van der Waals surface area contributed by atoms with Crippen molar-refractivity contribution in [3.05, 3.63) is 53.3 Å². The Morgan fingerprint density at radius 3 is 2.73 bits per heavy atom. The fraction of sp³-hybridized carbons (Fsp3) is 0.368. The highest BCUT2D eigenvalue weighted by atomic mass is 32.1. The highest BCUT2D eigenvalue weighted by Gasteiger charge is 2.20. The van der Waals surface area contributed by atoms with Crippen LogP contribution in [0.2, 0.25) is 0 Å². The Balaban J connectivity index is 1.37. The first-order chi connectivity index (χ1) is 12.7. The van der Waals surface area contributed by atoms with Crippen LogP contribution in [0.4, 0.5) is 5.00 Å². The fourth-order valence-electron chi connectivity index (χ4n) is 3.37. The summed E-state index contributed by atoms with van der Waals surface area (Å²) in [6.45, 7) is 6.77. The molecule has 0 aliphatic carbocycles. The van der Waals surface area contributed by atoms with E-state index in [2.05, 4.69) is 61.2 Å². The maximum absolute atomic E-state index is 4.69. The number of thiophene rings is 1. The van der Waals surface area contributed by atoms with Gasteiger partial charge in [0.1, 0.15) is 5.65 Å². The number of guanidine groups is 1. The Bertz CT molecular complexity index is 890. The molecular formula is C19H24N6S. The van der Waals surface area contributed by atoms with Crippen molar-refractivity contribution < 1.29 is 0 Å². The number of aliphatic imine (C=N–C) groups is 1. The number of pyridine rings is 1. The van der Waals surface area contributed by atoms with Crippen LogP contribution in [0, 0.1) is 6.92 Å². The van der Waals surface area contributed by atoms with Gasteiger partial charge in [0.05, 0.1) is 17.2 Å². The van der Waals surface area contributed by atoms with Crippen LogP contribution < -0.4 is 10.2 Å². The van der Waals surface area contributed by atoms with Crippen molar-refractivity contribution in [1.29, 1.82) is 0 Å². The highest BCUT2D eigenvalue weighted by Crippen LogP contribution is 2.22. The summed E-state index contributed by atoms with van der Waals surface area (Å²) in [4.78, 5) is 13.9. The lowest BCUT2D eigenvalue weighted by molar-refractivity contribution is 0.373. The zero-order valence-corrected chi connectivity index (χ0v) is 16.0. The molecule has 0 bridgehead atoms. The molecule has 1 N–H and O–H groups in total. The molecule has 3 aromatic heterocycles. The van der Waals surface area contributed by atoms with Crippen molar-refractivity contribution in [3.8, 4) is 0 Å². The van der Waals surface area contributed by atoms with Crippen molar-refractivity contribution >= 4 is 27.9 Å².